The summed E-state index contributed by atoms with van der Waals surface area (Å²) in [7, 11) is 0. The second-order valence-electron chi connectivity index (χ2n) is 4.53. The van der Waals surface area contributed by atoms with Crippen LogP contribution in [0.2, 0.25) is 0 Å². The zero-order valence-electron chi connectivity index (χ0n) is 8.70. The van der Waals surface area contributed by atoms with Crippen molar-refractivity contribution in [2.24, 2.45) is 5.92 Å². The summed E-state index contributed by atoms with van der Waals surface area (Å²) in [6, 6.07) is 8.46. The molecule has 2 heteroatoms. The number of Topliss-reactive ketones (excluding diaryl/α,β-unsaturated/α-hetero) is 1. The average molecular weight is 201 g/mol. The van der Waals surface area contributed by atoms with E-state index in [4.69, 9.17) is 0 Å². The number of hydrogen-bond acceptors (Lipinski definition) is 2. The number of nitrogens with one attached hydrogen (secondary N) is 1. The van der Waals surface area contributed by atoms with Crippen molar-refractivity contribution in [1.82, 2.24) is 5.32 Å². The highest BCUT2D eigenvalue weighted by Crippen LogP contribution is 2.31. The van der Waals surface area contributed by atoms with Crippen molar-refractivity contribution in [2.45, 2.75) is 25.3 Å². The van der Waals surface area contributed by atoms with Gasteiger partial charge in [-0.05, 0) is 31.4 Å². The first-order chi connectivity index (χ1) is 7.36. The van der Waals surface area contributed by atoms with E-state index in [0.29, 0.717) is 11.8 Å². The average Bonchev–Trinajstić information content (AvgIpc) is 2.87. The van der Waals surface area contributed by atoms with E-state index in [2.05, 4.69) is 11.4 Å². The van der Waals surface area contributed by atoms with E-state index in [1.54, 1.807) is 0 Å². The number of ketones is 1. The summed E-state index contributed by atoms with van der Waals surface area (Å²) in [5.74, 6) is 0.551. The summed E-state index contributed by atoms with van der Waals surface area (Å²) in [4.78, 5) is 12.1. The largest absolute Gasteiger partial charge is 0.313 e. The Kier molecular flexibility index (Phi) is 2.10. The first kappa shape index (κ1) is 9.10. The molecule has 1 aliphatic carbocycles. The first-order valence-corrected chi connectivity index (χ1v) is 5.72. The third-order valence-corrected chi connectivity index (χ3v) is 3.64. The van der Waals surface area contributed by atoms with Crippen molar-refractivity contribution in [3.05, 3.63) is 35.4 Å². The molecule has 78 valence electrons. The van der Waals surface area contributed by atoms with Crippen LogP contribution in [0.1, 0.15) is 28.8 Å². The molecule has 0 unspecified atom stereocenters. The van der Waals surface area contributed by atoms with Gasteiger partial charge in [-0.15, -0.1) is 0 Å². The summed E-state index contributed by atoms with van der Waals surface area (Å²) in [6.45, 7) is 1.07. The lowest BCUT2D eigenvalue weighted by Gasteiger charge is -2.16. The van der Waals surface area contributed by atoms with Crippen LogP contribution < -0.4 is 5.32 Å². The minimum atomic E-state index is 0.199. The molecule has 1 fully saturated rings. The van der Waals surface area contributed by atoms with Crippen LogP contribution in [-0.2, 0) is 6.42 Å². The van der Waals surface area contributed by atoms with Crippen LogP contribution in [0.5, 0.6) is 0 Å². The van der Waals surface area contributed by atoms with Crippen LogP contribution in [0.3, 0.4) is 0 Å². The Morgan fingerprint density at radius 2 is 2.13 bits per heavy atom. The molecule has 2 nitrogen and oxygen atoms in total. The van der Waals surface area contributed by atoms with Gasteiger partial charge in [0.2, 0.25) is 0 Å². The zero-order chi connectivity index (χ0) is 10.3. The predicted octanol–water partition coefficient (Wildman–Crippen LogP) is 1.79. The molecule has 1 heterocycles. The van der Waals surface area contributed by atoms with Gasteiger partial charge in [0.25, 0.3) is 0 Å². The Morgan fingerprint density at radius 3 is 2.87 bits per heavy atom. The van der Waals surface area contributed by atoms with Crippen molar-refractivity contribution in [3.8, 4) is 0 Å². The van der Waals surface area contributed by atoms with Gasteiger partial charge in [0.1, 0.15) is 0 Å². The number of fused-ring (bicyclic) bond motifs is 1. The Bertz CT molecular complexity index is 393. The smallest absolute Gasteiger partial charge is 0.168 e. The molecule has 2 atom stereocenters. The van der Waals surface area contributed by atoms with Gasteiger partial charge in [-0.25, -0.2) is 0 Å². The molecule has 1 aromatic rings. The summed E-state index contributed by atoms with van der Waals surface area (Å²) in [5, 5.41) is 3.44. The van der Waals surface area contributed by atoms with Crippen LogP contribution in [0.4, 0.5) is 0 Å². The molecule has 1 aliphatic heterocycles. The van der Waals surface area contributed by atoms with Gasteiger partial charge in [0.05, 0.1) is 0 Å². The third kappa shape index (κ3) is 1.40. The fourth-order valence-corrected chi connectivity index (χ4v) is 2.85. The molecule has 0 spiro atoms. The van der Waals surface area contributed by atoms with E-state index in [1.165, 1.54) is 12.0 Å². The summed E-state index contributed by atoms with van der Waals surface area (Å²) >= 11 is 0. The van der Waals surface area contributed by atoms with Crippen LogP contribution >= 0.6 is 0 Å². The lowest BCUT2D eigenvalue weighted by Crippen LogP contribution is -2.33. The van der Waals surface area contributed by atoms with Crippen LogP contribution in [0.25, 0.3) is 0 Å². The molecule has 0 amide bonds. The maximum absolute atomic E-state index is 12.1. The Labute approximate surface area is 89.7 Å². The minimum Gasteiger partial charge on any atom is -0.313 e. The van der Waals surface area contributed by atoms with Gasteiger partial charge in [-0.3, -0.25) is 4.79 Å². The summed E-state index contributed by atoms with van der Waals surface area (Å²) in [5.41, 5.74) is 2.19. The topological polar surface area (TPSA) is 29.1 Å². The maximum Gasteiger partial charge on any atom is 0.168 e. The van der Waals surface area contributed by atoms with E-state index in [1.807, 2.05) is 18.2 Å². The quantitative estimate of drug-likeness (QED) is 0.750. The number of hydrogen-bond donors (Lipinski definition) is 1. The van der Waals surface area contributed by atoms with Gasteiger partial charge < -0.3 is 5.32 Å². The Balaban J connectivity index is 1.89. The Morgan fingerprint density at radius 1 is 1.27 bits per heavy atom. The fourth-order valence-electron chi connectivity index (χ4n) is 2.85. The van der Waals surface area contributed by atoms with E-state index in [9.17, 15) is 4.79 Å². The van der Waals surface area contributed by atoms with Crippen molar-refractivity contribution >= 4 is 5.78 Å². The van der Waals surface area contributed by atoms with Crippen molar-refractivity contribution < 1.29 is 4.79 Å². The zero-order valence-corrected chi connectivity index (χ0v) is 8.70. The second kappa shape index (κ2) is 3.46. The minimum absolute atomic E-state index is 0.199. The molecule has 0 aromatic heterocycles. The van der Waals surface area contributed by atoms with Crippen molar-refractivity contribution in [1.29, 1.82) is 0 Å². The number of benzene rings is 1. The standard InChI is InChI=1S/C13H15NO/c15-13-10-5-2-1-4-9(10)8-11(13)12-6-3-7-14-12/h1-2,4-5,11-12,14H,3,6-8H2/t11-,12-/m0/s1. The van der Waals surface area contributed by atoms with E-state index in [-0.39, 0.29) is 5.92 Å². The maximum atomic E-state index is 12.1. The fraction of sp³-hybridized carbons (Fsp3) is 0.462. The molecule has 1 N–H and O–H groups in total. The lowest BCUT2D eigenvalue weighted by molar-refractivity contribution is 0.0914. The van der Waals surface area contributed by atoms with E-state index >= 15 is 0 Å². The van der Waals surface area contributed by atoms with Gasteiger partial charge in [0, 0.05) is 17.5 Å². The second-order valence-corrected chi connectivity index (χ2v) is 4.53. The third-order valence-electron chi connectivity index (χ3n) is 3.64. The first-order valence-electron chi connectivity index (χ1n) is 5.72. The van der Waals surface area contributed by atoms with Crippen molar-refractivity contribution in [2.75, 3.05) is 6.54 Å². The SMILES string of the molecule is O=C1c2ccccc2C[C@H]1[C@@H]1CCCN1. The van der Waals surface area contributed by atoms with E-state index < -0.39 is 0 Å². The van der Waals surface area contributed by atoms with Crippen LogP contribution in [0.15, 0.2) is 24.3 Å². The number of rotatable bonds is 1. The highest BCUT2D eigenvalue weighted by atomic mass is 16.1. The van der Waals surface area contributed by atoms with Crippen LogP contribution in [0, 0.1) is 5.92 Å². The highest BCUT2D eigenvalue weighted by molar-refractivity contribution is 6.02. The summed E-state index contributed by atoms with van der Waals surface area (Å²) in [6.07, 6.45) is 3.31. The molecule has 1 saturated heterocycles. The molecular formula is C13H15NO. The molecule has 15 heavy (non-hydrogen) atoms. The molecule has 2 aliphatic rings. The lowest BCUT2D eigenvalue weighted by atomic mass is 9.94. The Hall–Kier alpha value is -1.15. The molecule has 0 bridgehead atoms. The van der Waals surface area contributed by atoms with Gasteiger partial charge in [-0.2, -0.15) is 0 Å². The van der Waals surface area contributed by atoms with Gasteiger partial charge in [-0.1, -0.05) is 24.3 Å². The number of carbonyl (C=O) groups is 1. The van der Waals surface area contributed by atoms with Gasteiger partial charge in [0.15, 0.2) is 5.78 Å². The number of carbonyl (C=O) groups excluding carboxylic acids is 1. The van der Waals surface area contributed by atoms with E-state index in [0.717, 1.165) is 24.9 Å². The monoisotopic (exact) mass is 201 g/mol. The predicted molar refractivity (Wildman–Crippen MR) is 59.0 cm³/mol. The molecule has 1 aromatic carbocycles. The van der Waals surface area contributed by atoms with Crippen molar-refractivity contribution in [3.63, 3.8) is 0 Å². The summed E-state index contributed by atoms with van der Waals surface area (Å²) < 4.78 is 0. The van der Waals surface area contributed by atoms with Crippen LogP contribution in [-0.4, -0.2) is 18.4 Å². The molecule has 3 rings (SSSR count). The molecule has 0 radical (unpaired) electrons. The van der Waals surface area contributed by atoms with Gasteiger partial charge >= 0.3 is 0 Å². The molecule has 0 saturated carbocycles. The normalized spacial score (nSPS) is 29.5. The molecular weight excluding hydrogens is 186 g/mol. The highest BCUT2D eigenvalue weighted by Gasteiger charge is 2.36.